The number of hydrogen-bond acceptors (Lipinski definition) is 6. The number of anilines is 2. The van der Waals surface area contributed by atoms with Crippen LogP contribution < -0.4 is 10.6 Å². The summed E-state index contributed by atoms with van der Waals surface area (Å²) in [5.74, 6) is -4.37. The topological polar surface area (TPSA) is 98.9 Å². The van der Waals surface area contributed by atoms with Crippen LogP contribution in [-0.2, 0) is 15.9 Å². The molecule has 0 atom stereocenters. The van der Waals surface area contributed by atoms with E-state index in [1.165, 1.54) is 47.6 Å². The number of benzene rings is 2. The van der Waals surface area contributed by atoms with E-state index < -0.39 is 58.7 Å². The number of Topliss-reactive ketones (excluding diaryl/α,β-unsaturated/α-hetero) is 1. The van der Waals surface area contributed by atoms with Gasteiger partial charge < -0.3 is 15.2 Å². The number of nitrogens with zero attached hydrogens (tertiary/aromatic N) is 1. The standard InChI is InChI=1S/C24H27F3N2O5/c1-23(2,3)33-21(31)29(22(32)34-24(4,5)6)20-17(26)9-7-13(19(20)27)11-18(30)15-12-14(28)8-10-16(15)25/h7-10,12H,11,28H2,1-6H3. The number of hydrogen-bond donors (Lipinski definition) is 1. The molecule has 0 saturated carbocycles. The fourth-order valence-corrected chi connectivity index (χ4v) is 2.82. The van der Waals surface area contributed by atoms with E-state index in [1.807, 2.05) is 0 Å². The maximum Gasteiger partial charge on any atom is 0.424 e. The van der Waals surface area contributed by atoms with Gasteiger partial charge in [-0.05, 0) is 71.4 Å². The molecule has 2 amide bonds. The highest BCUT2D eigenvalue weighted by atomic mass is 19.1. The number of ketones is 1. The molecule has 0 heterocycles. The van der Waals surface area contributed by atoms with E-state index in [-0.39, 0.29) is 21.7 Å². The summed E-state index contributed by atoms with van der Waals surface area (Å²) in [4.78, 5) is 38.2. The lowest BCUT2D eigenvalue weighted by Gasteiger charge is -2.29. The van der Waals surface area contributed by atoms with Crippen molar-refractivity contribution in [3.8, 4) is 0 Å². The Morgan fingerprint density at radius 3 is 1.85 bits per heavy atom. The van der Waals surface area contributed by atoms with Crippen molar-refractivity contribution >= 4 is 29.3 Å². The zero-order chi connectivity index (χ0) is 26.0. The molecule has 184 valence electrons. The number of carbonyl (C=O) groups excluding carboxylic acids is 3. The highest BCUT2D eigenvalue weighted by molar-refractivity contribution is 6.10. The Kier molecular flexibility index (Phi) is 7.65. The molecule has 0 spiro atoms. The predicted molar refractivity (Wildman–Crippen MR) is 120 cm³/mol. The number of amides is 2. The summed E-state index contributed by atoms with van der Waals surface area (Å²) in [6.07, 6.45) is -3.47. The lowest BCUT2D eigenvalue weighted by molar-refractivity contribution is 0.0426. The first-order chi connectivity index (χ1) is 15.5. The van der Waals surface area contributed by atoms with Crippen LogP contribution in [0.15, 0.2) is 30.3 Å². The van der Waals surface area contributed by atoms with Crippen LogP contribution in [0.4, 0.5) is 34.1 Å². The first-order valence-corrected chi connectivity index (χ1v) is 10.3. The van der Waals surface area contributed by atoms with Gasteiger partial charge in [0.05, 0.1) is 5.56 Å². The Morgan fingerprint density at radius 1 is 0.853 bits per heavy atom. The summed E-state index contributed by atoms with van der Waals surface area (Å²) < 4.78 is 54.6. The summed E-state index contributed by atoms with van der Waals surface area (Å²) in [6, 6.07) is 5.06. The van der Waals surface area contributed by atoms with Crippen LogP contribution in [0.5, 0.6) is 0 Å². The van der Waals surface area contributed by atoms with Crippen molar-refractivity contribution in [2.24, 2.45) is 0 Å². The lowest BCUT2D eigenvalue weighted by Crippen LogP contribution is -2.44. The number of ether oxygens (including phenoxy) is 2. The van der Waals surface area contributed by atoms with E-state index in [0.29, 0.717) is 0 Å². The quantitative estimate of drug-likeness (QED) is 0.439. The summed E-state index contributed by atoms with van der Waals surface area (Å²) in [5.41, 5.74) is 1.63. The predicted octanol–water partition coefficient (Wildman–Crippen LogP) is 5.79. The minimum atomic E-state index is -1.38. The Labute approximate surface area is 195 Å². The van der Waals surface area contributed by atoms with Gasteiger partial charge in [-0.3, -0.25) is 4.79 Å². The van der Waals surface area contributed by atoms with E-state index >= 15 is 4.39 Å². The molecule has 0 saturated heterocycles. The molecule has 0 fully saturated rings. The van der Waals surface area contributed by atoms with Crippen LogP contribution in [0.2, 0.25) is 0 Å². The molecular formula is C24H27F3N2O5. The summed E-state index contributed by atoms with van der Waals surface area (Å²) in [7, 11) is 0. The fourth-order valence-electron chi connectivity index (χ4n) is 2.82. The van der Waals surface area contributed by atoms with Crippen LogP contribution in [0, 0.1) is 17.5 Å². The highest BCUT2D eigenvalue weighted by Gasteiger charge is 2.37. The third-order valence-electron chi connectivity index (χ3n) is 4.16. The van der Waals surface area contributed by atoms with Crippen molar-refractivity contribution < 1.29 is 37.0 Å². The number of rotatable bonds is 4. The average molecular weight is 480 g/mol. The zero-order valence-corrected chi connectivity index (χ0v) is 19.8. The fraction of sp³-hybridized carbons (Fsp3) is 0.375. The van der Waals surface area contributed by atoms with Crippen LogP contribution in [0.3, 0.4) is 0 Å². The Balaban J connectivity index is 2.55. The maximum atomic E-state index is 15.5. The largest absolute Gasteiger partial charge is 0.443 e. The molecular weight excluding hydrogens is 453 g/mol. The second kappa shape index (κ2) is 9.74. The maximum absolute atomic E-state index is 15.5. The molecule has 0 aliphatic rings. The van der Waals surface area contributed by atoms with Gasteiger partial charge in [0.2, 0.25) is 0 Å². The van der Waals surface area contributed by atoms with Gasteiger partial charge in [-0.15, -0.1) is 0 Å². The highest BCUT2D eigenvalue weighted by Crippen LogP contribution is 2.30. The van der Waals surface area contributed by atoms with Crippen LogP contribution in [-0.4, -0.2) is 29.2 Å². The molecule has 2 aromatic carbocycles. The number of carbonyl (C=O) groups is 3. The summed E-state index contributed by atoms with van der Waals surface area (Å²) in [5, 5.41) is 0. The molecule has 34 heavy (non-hydrogen) atoms. The van der Waals surface area contributed by atoms with Gasteiger partial charge in [-0.1, -0.05) is 6.07 Å². The SMILES string of the molecule is CC(C)(C)OC(=O)N(C(=O)OC(C)(C)C)c1c(F)ccc(CC(=O)c2cc(N)ccc2F)c1F. The summed E-state index contributed by atoms with van der Waals surface area (Å²) >= 11 is 0. The van der Waals surface area contributed by atoms with Crippen molar-refractivity contribution in [2.45, 2.75) is 59.2 Å². The Bertz CT molecular complexity index is 1090. The molecule has 0 aliphatic carbocycles. The molecule has 0 bridgehead atoms. The zero-order valence-electron chi connectivity index (χ0n) is 19.8. The Morgan fingerprint density at radius 2 is 1.35 bits per heavy atom. The average Bonchev–Trinajstić information content (AvgIpc) is 2.66. The third kappa shape index (κ3) is 6.72. The summed E-state index contributed by atoms with van der Waals surface area (Å²) in [6.45, 7) is 9.00. The van der Waals surface area contributed by atoms with Crippen LogP contribution >= 0.6 is 0 Å². The van der Waals surface area contributed by atoms with Crippen molar-refractivity contribution in [1.29, 1.82) is 0 Å². The monoisotopic (exact) mass is 480 g/mol. The molecule has 10 heteroatoms. The Hall–Kier alpha value is -3.56. The van der Waals surface area contributed by atoms with Crippen molar-refractivity contribution in [3.05, 3.63) is 58.9 Å². The van der Waals surface area contributed by atoms with E-state index in [1.54, 1.807) is 0 Å². The van der Waals surface area contributed by atoms with Crippen molar-refractivity contribution in [3.63, 3.8) is 0 Å². The molecule has 7 nitrogen and oxygen atoms in total. The number of nitrogen functional groups attached to an aromatic ring is 1. The van der Waals surface area contributed by atoms with Crippen molar-refractivity contribution in [1.82, 2.24) is 0 Å². The number of nitrogens with two attached hydrogens (primary N) is 1. The van der Waals surface area contributed by atoms with Gasteiger partial charge in [0.1, 0.15) is 22.7 Å². The molecule has 0 aliphatic heterocycles. The van der Waals surface area contributed by atoms with Gasteiger partial charge in [0.15, 0.2) is 17.4 Å². The van der Waals surface area contributed by atoms with Gasteiger partial charge >= 0.3 is 12.2 Å². The number of imide groups is 1. The molecule has 2 rings (SSSR count). The van der Waals surface area contributed by atoms with E-state index in [9.17, 15) is 23.2 Å². The van der Waals surface area contributed by atoms with Gasteiger partial charge in [-0.25, -0.2) is 22.8 Å². The molecule has 0 aromatic heterocycles. The van der Waals surface area contributed by atoms with Gasteiger partial charge in [0, 0.05) is 12.1 Å². The van der Waals surface area contributed by atoms with E-state index in [2.05, 4.69) is 0 Å². The van der Waals surface area contributed by atoms with Gasteiger partial charge in [-0.2, -0.15) is 4.90 Å². The van der Waals surface area contributed by atoms with E-state index in [0.717, 1.165) is 24.3 Å². The third-order valence-corrected chi connectivity index (χ3v) is 4.16. The molecule has 2 N–H and O–H groups in total. The van der Waals surface area contributed by atoms with Gasteiger partial charge in [0.25, 0.3) is 0 Å². The molecule has 2 aromatic rings. The minimum absolute atomic E-state index is 0.0935. The van der Waals surface area contributed by atoms with E-state index in [4.69, 9.17) is 15.2 Å². The molecule has 0 unspecified atom stereocenters. The lowest BCUT2D eigenvalue weighted by atomic mass is 10.0. The smallest absolute Gasteiger partial charge is 0.424 e. The first kappa shape index (κ1) is 26.7. The second-order valence-electron chi connectivity index (χ2n) is 9.50. The number of halogens is 3. The van der Waals surface area contributed by atoms with Crippen LogP contribution in [0.25, 0.3) is 0 Å². The first-order valence-electron chi connectivity index (χ1n) is 10.3. The normalized spacial score (nSPS) is 11.7. The van der Waals surface area contributed by atoms with Crippen molar-refractivity contribution in [2.75, 3.05) is 10.6 Å². The molecule has 0 radical (unpaired) electrons. The minimum Gasteiger partial charge on any atom is -0.443 e. The second-order valence-corrected chi connectivity index (χ2v) is 9.50. The van der Waals surface area contributed by atoms with Crippen LogP contribution in [0.1, 0.15) is 57.5 Å².